The number of fused-ring (bicyclic) bond motifs is 1. The van der Waals surface area contributed by atoms with Crippen LogP contribution in [0, 0.1) is 5.92 Å². The number of nitrogens with zero attached hydrogens (tertiary/aromatic N) is 3. The first-order valence-corrected chi connectivity index (χ1v) is 14.0. The van der Waals surface area contributed by atoms with E-state index in [1.807, 2.05) is 66.7 Å². The number of benzene rings is 3. The van der Waals surface area contributed by atoms with E-state index in [9.17, 15) is 4.79 Å². The molecule has 4 rings (SSSR count). The predicted molar refractivity (Wildman–Crippen MR) is 169 cm³/mol. The minimum absolute atomic E-state index is 0.273. The van der Waals surface area contributed by atoms with Gasteiger partial charge in [-0.1, -0.05) is 43.3 Å². The standard InChI is InChI=1S/C33H40N6O2/c1-5-24(2)20-26-21-29-30(22-31(26)41-19-9-18-39(3)4)35-23-36-32(29)34-17-16-25-12-14-28(15-13-25)38-33(40)37-27-10-7-6-8-11-27/h5-8,10-15,21-24H,1,9,16-20H2,2-4H3,(H,34,35,36)(H2,37,38,40). The molecule has 0 saturated heterocycles. The van der Waals surface area contributed by atoms with Crippen molar-refractivity contribution in [2.45, 2.75) is 26.2 Å². The van der Waals surface area contributed by atoms with Crippen molar-refractivity contribution in [3.8, 4) is 5.75 Å². The summed E-state index contributed by atoms with van der Waals surface area (Å²) in [4.78, 5) is 23.5. The third kappa shape index (κ3) is 9.05. The van der Waals surface area contributed by atoms with Crippen molar-refractivity contribution in [2.24, 2.45) is 5.92 Å². The second kappa shape index (κ2) is 14.8. The lowest BCUT2D eigenvalue weighted by molar-refractivity contribution is 0.262. The number of nitrogens with one attached hydrogen (secondary N) is 3. The van der Waals surface area contributed by atoms with Gasteiger partial charge in [0.1, 0.15) is 17.9 Å². The fourth-order valence-electron chi connectivity index (χ4n) is 4.45. The maximum Gasteiger partial charge on any atom is 0.323 e. The molecular weight excluding hydrogens is 512 g/mol. The number of ether oxygens (including phenoxy) is 1. The van der Waals surface area contributed by atoms with E-state index in [1.54, 1.807) is 6.33 Å². The lowest BCUT2D eigenvalue weighted by Crippen LogP contribution is -2.19. The molecule has 0 saturated carbocycles. The number of aromatic nitrogens is 2. The van der Waals surface area contributed by atoms with Crippen molar-refractivity contribution in [3.63, 3.8) is 0 Å². The Labute approximate surface area is 242 Å². The number of carbonyl (C=O) groups is 1. The number of urea groups is 1. The van der Waals surface area contributed by atoms with Gasteiger partial charge in [-0.05, 0) is 80.7 Å². The van der Waals surface area contributed by atoms with E-state index in [2.05, 4.69) is 64.5 Å². The molecule has 0 fully saturated rings. The first-order chi connectivity index (χ1) is 19.9. The second-order valence-electron chi connectivity index (χ2n) is 10.4. The molecule has 3 aromatic carbocycles. The molecule has 8 nitrogen and oxygen atoms in total. The zero-order valence-corrected chi connectivity index (χ0v) is 24.2. The molecule has 0 spiro atoms. The fraction of sp³-hybridized carbons (Fsp3) is 0.303. The van der Waals surface area contributed by atoms with Gasteiger partial charge >= 0.3 is 6.03 Å². The predicted octanol–water partition coefficient (Wildman–Crippen LogP) is 6.62. The van der Waals surface area contributed by atoms with Crippen LogP contribution in [-0.2, 0) is 12.8 Å². The van der Waals surface area contributed by atoms with Crippen molar-refractivity contribution in [2.75, 3.05) is 49.7 Å². The monoisotopic (exact) mass is 552 g/mol. The van der Waals surface area contributed by atoms with Gasteiger partial charge in [-0.15, -0.1) is 6.58 Å². The first-order valence-electron chi connectivity index (χ1n) is 14.0. The second-order valence-corrected chi connectivity index (χ2v) is 10.4. The molecule has 214 valence electrons. The number of allylic oxidation sites excluding steroid dienone is 1. The Kier molecular flexibility index (Phi) is 10.7. The summed E-state index contributed by atoms with van der Waals surface area (Å²) in [5.41, 5.74) is 4.61. The van der Waals surface area contributed by atoms with Gasteiger partial charge in [0.15, 0.2) is 0 Å². The summed E-state index contributed by atoms with van der Waals surface area (Å²) in [7, 11) is 4.14. The minimum Gasteiger partial charge on any atom is -0.493 e. The number of hydrogen-bond donors (Lipinski definition) is 3. The van der Waals surface area contributed by atoms with Crippen molar-refractivity contribution in [1.82, 2.24) is 14.9 Å². The molecule has 4 aromatic rings. The van der Waals surface area contributed by atoms with E-state index in [1.165, 1.54) is 0 Å². The molecule has 3 N–H and O–H groups in total. The molecule has 0 aliphatic carbocycles. The summed E-state index contributed by atoms with van der Waals surface area (Å²) >= 11 is 0. The number of para-hydroxylation sites is 1. The van der Waals surface area contributed by atoms with Crippen molar-refractivity contribution in [3.05, 3.63) is 96.8 Å². The molecule has 0 aliphatic rings. The maximum absolute atomic E-state index is 12.3. The van der Waals surface area contributed by atoms with Crippen LogP contribution in [0.3, 0.4) is 0 Å². The molecule has 0 aliphatic heterocycles. The lowest BCUT2D eigenvalue weighted by Gasteiger charge is -2.17. The zero-order chi connectivity index (χ0) is 29.0. The highest BCUT2D eigenvalue weighted by Crippen LogP contribution is 2.30. The van der Waals surface area contributed by atoms with Crippen molar-refractivity contribution in [1.29, 1.82) is 0 Å². The Hall–Kier alpha value is -4.43. The van der Waals surface area contributed by atoms with Crippen LogP contribution in [-0.4, -0.2) is 54.7 Å². The van der Waals surface area contributed by atoms with E-state index in [0.717, 1.165) is 70.8 Å². The summed E-state index contributed by atoms with van der Waals surface area (Å²) in [6.07, 6.45) is 6.15. The Morgan fingerprint density at radius 3 is 2.46 bits per heavy atom. The van der Waals surface area contributed by atoms with E-state index >= 15 is 0 Å². The van der Waals surface area contributed by atoms with E-state index in [4.69, 9.17) is 4.74 Å². The molecule has 8 heteroatoms. The van der Waals surface area contributed by atoms with Crippen LogP contribution in [0.25, 0.3) is 10.9 Å². The summed E-state index contributed by atoms with van der Waals surface area (Å²) in [6.45, 7) is 8.45. The largest absolute Gasteiger partial charge is 0.493 e. The zero-order valence-electron chi connectivity index (χ0n) is 24.2. The third-order valence-electron chi connectivity index (χ3n) is 6.72. The van der Waals surface area contributed by atoms with Crippen LogP contribution >= 0.6 is 0 Å². The number of anilines is 3. The van der Waals surface area contributed by atoms with E-state index in [-0.39, 0.29) is 6.03 Å². The molecule has 1 atom stereocenters. The topological polar surface area (TPSA) is 91.4 Å². The Balaban J connectivity index is 1.38. The number of amides is 2. The molecule has 2 amide bonds. The number of rotatable bonds is 14. The SMILES string of the molecule is C=CC(C)Cc1cc2c(NCCc3ccc(NC(=O)Nc4ccccc4)cc3)ncnc2cc1OCCCN(C)C. The fourth-order valence-corrected chi connectivity index (χ4v) is 4.45. The molecule has 0 bridgehead atoms. The highest BCUT2D eigenvalue weighted by Gasteiger charge is 2.13. The molecule has 1 heterocycles. The number of carbonyl (C=O) groups excluding carboxylic acids is 1. The minimum atomic E-state index is -0.273. The third-order valence-corrected chi connectivity index (χ3v) is 6.72. The summed E-state index contributed by atoms with van der Waals surface area (Å²) in [5, 5.41) is 10.2. The van der Waals surface area contributed by atoms with Gasteiger partial charge in [-0.25, -0.2) is 14.8 Å². The highest BCUT2D eigenvalue weighted by molar-refractivity contribution is 5.99. The highest BCUT2D eigenvalue weighted by atomic mass is 16.5. The lowest BCUT2D eigenvalue weighted by atomic mass is 9.98. The van der Waals surface area contributed by atoms with Gasteiger partial charge in [-0.2, -0.15) is 0 Å². The Bertz CT molecular complexity index is 1420. The molecule has 1 unspecified atom stereocenters. The van der Waals surface area contributed by atoms with Gasteiger partial charge in [0, 0.05) is 35.9 Å². The van der Waals surface area contributed by atoms with E-state index < -0.39 is 0 Å². The van der Waals surface area contributed by atoms with Crippen LogP contribution < -0.4 is 20.7 Å². The average Bonchev–Trinajstić information content (AvgIpc) is 2.97. The van der Waals surface area contributed by atoms with E-state index in [0.29, 0.717) is 19.1 Å². The van der Waals surface area contributed by atoms with Gasteiger partial charge in [-0.3, -0.25) is 0 Å². The van der Waals surface area contributed by atoms with Crippen LogP contribution in [0.5, 0.6) is 5.75 Å². The molecule has 0 radical (unpaired) electrons. The summed E-state index contributed by atoms with van der Waals surface area (Å²) in [6, 6.07) is 21.1. The smallest absolute Gasteiger partial charge is 0.323 e. The molecular formula is C33H40N6O2. The molecule has 1 aromatic heterocycles. The van der Waals surface area contributed by atoms with Gasteiger partial charge in [0.25, 0.3) is 0 Å². The van der Waals surface area contributed by atoms with Crippen molar-refractivity contribution < 1.29 is 9.53 Å². The van der Waals surface area contributed by atoms with Crippen LogP contribution in [0.15, 0.2) is 85.7 Å². The Morgan fingerprint density at radius 2 is 1.76 bits per heavy atom. The normalized spacial score (nSPS) is 11.7. The van der Waals surface area contributed by atoms with Gasteiger partial charge < -0.3 is 25.6 Å². The van der Waals surface area contributed by atoms with Crippen LogP contribution in [0.4, 0.5) is 22.0 Å². The average molecular weight is 553 g/mol. The summed E-state index contributed by atoms with van der Waals surface area (Å²) in [5.74, 6) is 2.00. The van der Waals surface area contributed by atoms with Gasteiger partial charge in [0.05, 0.1) is 12.1 Å². The number of hydrogen-bond acceptors (Lipinski definition) is 6. The van der Waals surface area contributed by atoms with Crippen LogP contribution in [0.1, 0.15) is 24.5 Å². The summed E-state index contributed by atoms with van der Waals surface area (Å²) < 4.78 is 6.21. The molecule has 41 heavy (non-hydrogen) atoms. The maximum atomic E-state index is 12.3. The van der Waals surface area contributed by atoms with Crippen LogP contribution in [0.2, 0.25) is 0 Å². The quantitative estimate of drug-likeness (QED) is 0.120. The first kappa shape index (κ1) is 29.6. The Morgan fingerprint density at radius 1 is 1.02 bits per heavy atom. The van der Waals surface area contributed by atoms with Gasteiger partial charge in [0.2, 0.25) is 0 Å². The van der Waals surface area contributed by atoms with Crippen molar-refractivity contribution >= 4 is 34.1 Å².